The summed E-state index contributed by atoms with van der Waals surface area (Å²) in [7, 11) is 0. The number of hydrogen-bond acceptors (Lipinski definition) is 2. The molecule has 0 aromatic heterocycles. The molecule has 0 aromatic rings. The van der Waals surface area contributed by atoms with Gasteiger partial charge in [-0.15, -0.1) is 6.58 Å². The minimum absolute atomic E-state index is 0.0343. The van der Waals surface area contributed by atoms with Crippen LogP contribution in [0.3, 0.4) is 0 Å². The summed E-state index contributed by atoms with van der Waals surface area (Å²) in [5, 5.41) is 3.55. The van der Waals surface area contributed by atoms with Crippen molar-refractivity contribution in [1.29, 1.82) is 0 Å². The average molecular weight is 283 g/mol. The van der Waals surface area contributed by atoms with Gasteiger partial charge < -0.3 is 10.1 Å². The standard InChI is InChI=1S/C18H37NO/c1-15(2)14-17(6,7)19-12-13-20-18(8,9)11-10-16(3,4)5/h19H,1,10-14H2,2-9H3. The normalized spacial score (nSPS) is 13.6. The SMILES string of the molecule is C=C(C)CC(C)(C)NCCOC(C)(C)CCC(C)(C)C. The van der Waals surface area contributed by atoms with Crippen LogP contribution in [-0.4, -0.2) is 24.3 Å². The van der Waals surface area contributed by atoms with Gasteiger partial charge in [-0.1, -0.05) is 26.3 Å². The molecule has 0 amide bonds. The van der Waals surface area contributed by atoms with Crippen LogP contribution in [0.1, 0.15) is 74.7 Å². The first kappa shape index (κ1) is 19.7. The van der Waals surface area contributed by atoms with Crippen molar-refractivity contribution in [2.24, 2.45) is 5.41 Å². The lowest BCUT2D eigenvalue weighted by atomic mass is 9.86. The smallest absolute Gasteiger partial charge is 0.0627 e. The molecule has 120 valence electrons. The van der Waals surface area contributed by atoms with Crippen LogP contribution in [0.25, 0.3) is 0 Å². The van der Waals surface area contributed by atoms with Crippen LogP contribution in [-0.2, 0) is 4.74 Å². The van der Waals surface area contributed by atoms with Crippen molar-refractivity contribution in [2.75, 3.05) is 13.2 Å². The van der Waals surface area contributed by atoms with Gasteiger partial charge in [-0.05, 0) is 59.3 Å². The third-order valence-corrected chi connectivity index (χ3v) is 3.42. The van der Waals surface area contributed by atoms with Crippen molar-refractivity contribution in [3.63, 3.8) is 0 Å². The highest BCUT2D eigenvalue weighted by Crippen LogP contribution is 2.27. The maximum Gasteiger partial charge on any atom is 0.0627 e. The fraction of sp³-hybridized carbons (Fsp3) is 0.889. The first-order valence-corrected chi connectivity index (χ1v) is 7.86. The Morgan fingerprint density at radius 3 is 2.00 bits per heavy atom. The Bertz CT molecular complexity index is 297. The molecular weight excluding hydrogens is 246 g/mol. The predicted molar refractivity (Wildman–Crippen MR) is 90.2 cm³/mol. The summed E-state index contributed by atoms with van der Waals surface area (Å²) >= 11 is 0. The van der Waals surface area contributed by atoms with Gasteiger partial charge in [0.15, 0.2) is 0 Å². The molecule has 0 heterocycles. The fourth-order valence-corrected chi connectivity index (χ4v) is 2.28. The highest BCUT2D eigenvalue weighted by molar-refractivity contribution is 4.97. The van der Waals surface area contributed by atoms with E-state index >= 15 is 0 Å². The van der Waals surface area contributed by atoms with Gasteiger partial charge in [0.25, 0.3) is 0 Å². The van der Waals surface area contributed by atoms with Crippen LogP contribution in [0.2, 0.25) is 0 Å². The molecule has 1 N–H and O–H groups in total. The van der Waals surface area contributed by atoms with Crippen molar-refractivity contribution in [3.8, 4) is 0 Å². The van der Waals surface area contributed by atoms with Crippen LogP contribution in [0.15, 0.2) is 12.2 Å². The Labute approximate surface area is 127 Å². The summed E-state index contributed by atoms with van der Waals surface area (Å²) in [6.07, 6.45) is 3.29. The second-order valence-electron chi connectivity index (χ2n) is 8.61. The number of hydrogen-bond donors (Lipinski definition) is 1. The lowest BCUT2D eigenvalue weighted by molar-refractivity contribution is -0.0295. The van der Waals surface area contributed by atoms with E-state index in [-0.39, 0.29) is 11.1 Å². The lowest BCUT2D eigenvalue weighted by Crippen LogP contribution is -2.42. The molecule has 0 aliphatic rings. The molecule has 2 heteroatoms. The molecule has 0 fully saturated rings. The second kappa shape index (κ2) is 7.61. The van der Waals surface area contributed by atoms with Crippen molar-refractivity contribution in [2.45, 2.75) is 85.8 Å². The zero-order valence-corrected chi connectivity index (χ0v) is 15.2. The molecule has 0 saturated heterocycles. The van der Waals surface area contributed by atoms with Crippen molar-refractivity contribution in [1.82, 2.24) is 5.32 Å². The average Bonchev–Trinajstić information content (AvgIpc) is 2.19. The van der Waals surface area contributed by atoms with Crippen molar-refractivity contribution < 1.29 is 4.74 Å². The van der Waals surface area contributed by atoms with Gasteiger partial charge in [0.05, 0.1) is 12.2 Å². The van der Waals surface area contributed by atoms with Crippen molar-refractivity contribution in [3.05, 3.63) is 12.2 Å². The van der Waals surface area contributed by atoms with Gasteiger partial charge in [0.2, 0.25) is 0 Å². The summed E-state index contributed by atoms with van der Waals surface area (Å²) in [6, 6.07) is 0. The van der Waals surface area contributed by atoms with Gasteiger partial charge in [-0.2, -0.15) is 0 Å². The molecule has 0 radical (unpaired) electrons. The van der Waals surface area contributed by atoms with Crippen molar-refractivity contribution >= 4 is 0 Å². The predicted octanol–water partition coefficient (Wildman–Crippen LogP) is 4.94. The van der Waals surface area contributed by atoms with E-state index in [0.717, 1.165) is 26.0 Å². The van der Waals surface area contributed by atoms with E-state index in [4.69, 9.17) is 4.74 Å². The minimum atomic E-state index is -0.0343. The number of rotatable bonds is 9. The molecule has 2 nitrogen and oxygen atoms in total. The molecule has 0 atom stereocenters. The van der Waals surface area contributed by atoms with Crippen LogP contribution in [0.5, 0.6) is 0 Å². The van der Waals surface area contributed by atoms with Crippen LogP contribution in [0.4, 0.5) is 0 Å². The third-order valence-electron chi connectivity index (χ3n) is 3.42. The van der Waals surface area contributed by atoms with Gasteiger partial charge in [-0.25, -0.2) is 0 Å². The highest BCUT2D eigenvalue weighted by atomic mass is 16.5. The Hall–Kier alpha value is -0.340. The summed E-state index contributed by atoms with van der Waals surface area (Å²) in [4.78, 5) is 0. The van der Waals surface area contributed by atoms with E-state index in [2.05, 4.69) is 67.3 Å². The molecule has 0 aromatic carbocycles. The Balaban J connectivity index is 3.96. The molecule has 0 spiro atoms. The maximum absolute atomic E-state index is 6.04. The summed E-state index contributed by atoms with van der Waals surface area (Å²) < 4.78 is 6.04. The van der Waals surface area contributed by atoms with E-state index in [1.54, 1.807) is 0 Å². The number of nitrogens with one attached hydrogen (secondary N) is 1. The number of ether oxygens (including phenoxy) is 1. The van der Waals surface area contributed by atoms with E-state index in [1.165, 1.54) is 12.0 Å². The van der Waals surface area contributed by atoms with E-state index < -0.39 is 0 Å². The Morgan fingerprint density at radius 1 is 1.00 bits per heavy atom. The van der Waals surface area contributed by atoms with Gasteiger partial charge in [0, 0.05) is 12.1 Å². The van der Waals surface area contributed by atoms with Gasteiger partial charge >= 0.3 is 0 Å². The lowest BCUT2D eigenvalue weighted by Gasteiger charge is -2.31. The highest BCUT2D eigenvalue weighted by Gasteiger charge is 2.22. The monoisotopic (exact) mass is 283 g/mol. The first-order chi connectivity index (χ1) is 8.83. The second-order valence-corrected chi connectivity index (χ2v) is 8.61. The zero-order chi connectivity index (χ0) is 16.0. The molecule has 0 bridgehead atoms. The molecule has 0 aliphatic heterocycles. The maximum atomic E-state index is 6.04. The summed E-state index contributed by atoms with van der Waals surface area (Å²) in [5.41, 5.74) is 1.66. The van der Waals surface area contributed by atoms with E-state index in [0.29, 0.717) is 5.41 Å². The van der Waals surface area contributed by atoms with Gasteiger partial charge in [0.1, 0.15) is 0 Å². The topological polar surface area (TPSA) is 21.3 Å². The summed E-state index contributed by atoms with van der Waals surface area (Å²) in [5.74, 6) is 0. The molecule has 0 unspecified atom stereocenters. The summed E-state index contributed by atoms with van der Waals surface area (Å²) in [6.45, 7) is 23.4. The van der Waals surface area contributed by atoms with E-state index in [1.807, 2.05) is 0 Å². The third kappa shape index (κ3) is 11.5. The van der Waals surface area contributed by atoms with Crippen LogP contribution in [0, 0.1) is 5.41 Å². The molecule has 20 heavy (non-hydrogen) atoms. The molecule has 0 aliphatic carbocycles. The van der Waals surface area contributed by atoms with Gasteiger partial charge in [-0.3, -0.25) is 0 Å². The molecule has 0 saturated carbocycles. The Kier molecular flexibility index (Phi) is 7.48. The van der Waals surface area contributed by atoms with E-state index in [9.17, 15) is 0 Å². The quantitative estimate of drug-likeness (QED) is 0.478. The molecular formula is C18H37NO. The van der Waals surface area contributed by atoms with Crippen LogP contribution < -0.4 is 5.32 Å². The molecule has 0 rings (SSSR count). The first-order valence-electron chi connectivity index (χ1n) is 7.86. The Morgan fingerprint density at radius 2 is 1.55 bits per heavy atom. The fourth-order valence-electron chi connectivity index (χ4n) is 2.28. The van der Waals surface area contributed by atoms with Crippen LogP contribution >= 0.6 is 0 Å². The zero-order valence-electron chi connectivity index (χ0n) is 15.2. The largest absolute Gasteiger partial charge is 0.374 e. The minimum Gasteiger partial charge on any atom is -0.374 e.